The number of hydrogen-bond acceptors (Lipinski definition) is 3. The van der Waals surface area contributed by atoms with Crippen molar-refractivity contribution in [2.45, 2.75) is 65.3 Å². The first kappa shape index (κ1) is 17.9. The van der Waals surface area contributed by atoms with Crippen LogP contribution < -0.4 is 10.0 Å². The minimum Gasteiger partial charge on any atom is -0.317 e. The summed E-state index contributed by atoms with van der Waals surface area (Å²) in [7, 11) is -3.15. The standard InChI is InChI=1S/C13H30N2O2S/c1-5-10-14-11-9-12-18(16,17)15-13(6-2,7-3)8-4/h14-15H,5-12H2,1-4H3. The molecule has 0 saturated carbocycles. The van der Waals surface area contributed by atoms with Crippen LogP contribution in [0.3, 0.4) is 0 Å². The molecule has 0 radical (unpaired) electrons. The smallest absolute Gasteiger partial charge is 0.212 e. The van der Waals surface area contributed by atoms with E-state index in [4.69, 9.17) is 0 Å². The Morgan fingerprint density at radius 2 is 1.50 bits per heavy atom. The van der Waals surface area contributed by atoms with Crippen molar-refractivity contribution in [2.75, 3.05) is 18.8 Å². The Labute approximate surface area is 113 Å². The zero-order valence-electron chi connectivity index (χ0n) is 12.4. The van der Waals surface area contributed by atoms with Crippen LogP contribution in [-0.4, -0.2) is 32.8 Å². The molecular weight excluding hydrogens is 248 g/mol. The second-order valence-electron chi connectivity index (χ2n) is 4.87. The average Bonchev–Trinajstić information content (AvgIpc) is 2.36. The summed E-state index contributed by atoms with van der Waals surface area (Å²) >= 11 is 0. The number of sulfonamides is 1. The number of hydrogen-bond donors (Lipinski definition) is 2. The highest BCUT2D eigenvalue weighted by Crippen LogP contribution is 2.20. The van der Waals surface area contributed by atoms with E-state index in [1.807, 2.05) is 20.8 Å². The SMILES string of the molecule is CCCNCCCS(=O)(=O)NC(CC)(CC)CC. The van der Waals surface area contributed by atoms with Crippen LogP contribution in [0.1, 0.15) is 59.8 Å². The molecule has 0 aliphatic heterocycles. The summed E-state index contributed by atoms with van der Waals surface area (Å²) in [4.78, 5) is 0. The maximum Gasteiger partial charge on any atom is 0.212 e. The van der Waals surface area contributed by atoms with Crippen molar-refractivity contribution >= 4 is 10.0 Å². The fraction of sp³-hybridized carbons (Fsp3) is 1.00. The van der Waals surface area contributed by atoms with E-state index in [1.54, 1.807) is 0 Å². The quantitative estimate of drug-likeness (QED) is 0.570. The van der Waals surface area contributed by atoms with Gasteiger partial charge in [-0.05, 0) is 45.2 Å². The molecule has 0 rings (SSSR count). The van der Waals surface area contributed by atoms with Gasteiger partial charge in [0, 0.05) is 5.54 Å². The first-order valence-corrected chi connectivity index (χ1v) is 8.82. The Morgan fingerprint density at radius 1 is 0.944 bits per heavy atom. The van der Waals surface area contributed by atoms with Crippen molar-refractivity contribution in [3.8, 4) is 0 Å². The largest absolute Gasteiger partial charge is 0.317 e. The molecule has 18 heavy (non-hydrogen) atoms. The maximum atomic E-state index is 12.0. The third kappa shape index (κ3) is 6.71. The molecule has 0 aromatic rings. The first-order valence-electron chi connectivity index (χ1n) is 7.17. The van der Waals surface area contributed by atoms with E-state index in [1.165, 1.54) is 0 Å². The summed E-state index contributed by atoms with van der Waals surface area (Å²) in [6, 6.07) is 0. The summed E-state index contributed by atoms with van der Waals surface area (Å²) < 4.78 is 26.9. The molecule has 0 saturated heterocycles. The zero-order chi connectivity index (χ0) is 14.1. The van der Waals surface area contributed by atoms with Crippen molar-refractivity contribution in [1.82, 2.24) is 10.0 Å². The van der Waals surface area contributed by atoms with Crippen LogP contribution in [-0.2, 0) is 10.0 Å². The molecule has 0 aromatic heterocycles. The van der Waals surface area contributed by atoms with Gasteiger partial charge in [0.2, 0.25) is 10.0 Å². The van der Waals surface area contributed by atoms with E-state index >= 15 is 0 Å². The van der Waals surface area contributed by atoms with E-state index in [2.05, 4.69) is 17.0 Å². The molecular formula is C13H30N2O2S. The normalized spacial score (nSPS) is 12.9. The lowest BCUT2D eigenvalue weighted by Gasteiger charge is -2.31. The summed E-state index contributed by atoms with van der Waals surface area (Å²) in [5.41, 5.74) is -0.254. The van der Waals surface area contributed by atoms with Crippen LogP contribution in [0, 0.1) is 0 Å². The van der Waals surface area contributed by atoms with E-state index in [-0.39, 0.29) is 11.3 Å². The molecule has 0 fully saturated rings. The lowest BCUT2D eigenvalue weighted by atomic mass is 9.91. The van der Waals surface area contributed by atoms with Gasteiger partial charge >= 0.3 is 0 Å². The van der Waals surface area contributed by atoms with Crippen molar-refractivity contribution in [3.63, 3.8) is 0 Å². The molecule has 0 spiro atoms. The summed E-state index contributed by atoms with van der Waals surface area (Å²) in [5, 5.41) is 3.22. The lowest BCUT2D eigenvalue weighted by molar-refractivity contribution is 0.341. The third-order valence-corrected chi connectivity index (χ3v) is 5.17. The van der Waals surface area contributed by atoms with Gasteiger partial charge in [-0.25, -0.2) is 13.1 Å². The summed E-state index contributed by atoms with van der Waals surface area (Å²) in [6.45, 7) is 9.95. The molecule has 0 heterocycles. The van der Waals surface area contributed by atoms with Crippen molar-refractivity contribution in [2.24, 2.45) is 0 Å². The molecule has 5 heteroatoms. The monoisotopic (exact) mass is 278 g/mol. The molecule has 0 aliphatic carbocycles. The zero-order valence-corrected chi connectivity index (χ0v) is 13.2. The van der Waals surface area contributed by atoms with Gasteiger partial charge in [0.1, 0.15) is 0 Å². The predicted molar refractivity (Wildman–Crippen MR) is 78.3 cm³/mol. The fourth-order valence-corrected chi connectivity index (χ4v) is 3.76. The number of nitrogens with one attached hydrogen (secondary N) is 2. The van der Waals surface area contributed by atoms with Gasteiger partial charge in [0.05, 0.1) is 5.75 Å². The number of rotatable bonds is 11. The minimum absolute atomic E-state index is 0.214. The van der Waals surface area contributed by atoms with Crippen LogP contribution in [0.5, 0.6) is 0 Å². The molecule has 0 aromatic carbocycles. The van der Waals surface area contributed by atoms with Crippen molar-refractivity contribution < 1.29 is 8.42 Å². The molecule has 4 nitrogen and oxygen atoms in total. The highest BCUT2D eigenvalue weighted by atomic mass is 32.2. The average molecular weight is 278 g/mol. The van der Waals surface area contributed by atoms with Gasteiger partial charge in [0.15, 0.2) is 0 Å². The Hall–Kier alpha value is -0.130. The minimum atomic E-state index is -3.15. The molecule has 0 amide bonds. The molecule has 0 aliphatic rings. The first-order chi connectivity index (χ1) is 8.45. The third-order valence-electron chi connectivity index (χ3n) is 3.60. The maximum absolute atomic E-state index is 12.0. The van der Waals surface area contributed by atoms with Crippen LogP contribution in [0.15, 0.2) is 0 Å². The van der Waals surface area contributed by atoms with Crippen LogP contribution >= 0.6 is 0 Å². The second kappa shape index (κ2) is 8.88. The molecule has 0 bridgehead atoms. The van der Waals surface area contributed by atoms with Gasteiger partial charge < -0.3 is 5.32 Å². The highest BCUT2D eigenvalue weighted by molar-refractivity contribution is 7.89. The van der Waals surface area contributed by atoms with E-state index < -0.39 is 10.0 Å². The van der Waals surface area contributed by atoms with Crippen LogP contribution in [0.2, 0.25) is 0 Å². The van der Waals surface area contributed by atoms with Gasteiger partial charge in [-0.2, -0.15) is 0 Å². The fourth-order valence-electron chi connectivity index (χ4n) is 2.04. The molecule has 110 valence electrons. The van der Waals surface area contributed by atoms with Crippen LogP contribution in [0.25, 0.3) is 0 Å². The van der Waals surface area contributed by atoms with Crippen molar-refractivity contribution in [1.29, 1.82) is 0 Å². The summed E-state index contributed by atoms with van der Waals surface area (Å²) in [6.07, 6.45) is 4.27. The van der Waals surface area contributed by atoms with E-state index in [9.17, 15) is 8.42 Å². The lowest BCUT2D eigenvalue weighted by Crippen LogP contribution is -2.48. The molecule has 0 atom stereocenters. The predicted octanol–water partition coefficient (Wildman–Crippen LogP) is 2.26. The van der Waals surface area contributed by atoms with Gasteiger partial charge in [0.25, 0.3) is 0 Å². The van der Waals surface area contributed by atoms with Gasteiger partial charge in [-0.15, -0.1) is 0 Å². The van der Waals surface area contributed by atoms with E-state index in [0.29, 0.717) is 6.42 Å². The Kier molecular flexibility index (Phi) is 8.82. The Morgan fingerprint density at radius 3 is 1.94 bits per heavy atom. The Bertz CT molecular complexity index is 290. The van der Waals surface area contributed by atoms with Crippen molar-refractivity contribution in [3.05, 3.63) is 0 Å². The van der Waals surface area contributed by atoms with Crippen LogP contribution in [0.4, 0.5) is 0 Å². The second-order valence-corrected chi connectivity index (χ2v) is 6.71. The van der Waals surface area contributed by atoms with Gasteiger partial charge in [-0.3, -0.25) is 0 Å². The Balaban J connectivity index is 4.21. The summed E-state index contributed by atoms with van der Waals surface area (Å²) in [5.74, 6) is 0.214. The molecule has 0 unspecified atom stereocenters. The topological polar surface area (TPSA) is 58.2 Å². The highest BCUT2D eigenvalue weighted by Gasteiger charge is 2.28. The van der Waals surface area contributed by atoms with Gasteiger partial charge in [-0.1, -0.05) is 27.7 Å². The van der Waals surface area contributed by atoms with E-state index in [0.717, 1.165) is 38.8 Å². The molecule has 2 N–H and O–H groups in total.